The summed E-state index contributed by atoms with van der Waals surface area (Å²) >= 11 is 1.36. The maximum Gasteiger partial charge on any atom is 0.268 e. The molecule has 0 radical (unpaired) electrons. The topological polar surface area (TPSA) is 86.9 Å². The predicted octanol–water partition coefficient (Wildman–Crippen LogP) is -0.180. The standard InChI is InChI=1S/C10H12N4O2S/c1-11-8(15)5-12-4-7-13-6-2-3-17-9(6)10(16)14-7/h2-3,12H,4-5H2,1H3,(H,11,15)(H,13,14,16). The van der Waals surface area contributed by atoms with Crippen LogP contribution in [0.4, 0.5) is 0 Å². The molecule has 7 heteroatoms. The molecule has 2 aromatic rings. The summed E-state index contributed by atoms with van der Waals surface area (Å²) in [7, 11) is 1.57. The molecule has 0 aliphatic heterocycles. The summed E-state index contributed by atoms with van der Waals surface area (Å²) in [6, 6.07) is 1.80. The number of nitrogens with one attached hydrogen (secondary N) is 3. The lowest BCUT2D eigenvalue weighted by Crippen LogP contribution is -2.31. The van der Waals surface area contributed by atoms with Gasteiger partial charge in [0.2, 0.25) is 5.91 Å². The summed E-state index contributed by atoms with van der Waals surface area (Å²) in [5.74, 6) is 0.425. The molecule has 6 nitrogen and oxygen atoms in total. The molecule has 2 aromatic heterocycles. The lowest BCUT2D eigenvalue weighted by atomic mass is 10.4. The van der Waals surface area contributed by atoms with Gasteiger partial charge in [-0.25, -0.2) is 4.98 Å². The van der Waals surface area contributed by atoms with Crippen molar-refractivity contribution in [3.05, 3.63) is 27.6 Å². The highest BCUT2D eigenvalue weighted by Crippen LogP contribution is 2.13. The van der Waals surface area contributed by atoms with Crippen molar-refractivity contribution in [1.29, 1.82) is 0 Å². The van der Waals surface area contributed by atoms with Crippen molar-refractivity contribution < 1.29 is 4.79 Å². The van der Waals surface area contributed by atoms with Crippen LogP contribution in [0.1, 0.15) is 5.82 Å². The lowest BCUT2D eigenvalue weighted by Gasteiger charge is -2.03. The number of rotatable bonds is 4. The smallest absolute Gasteiger partial charge is 0.268 e. The molecule has 0 bridgehead atoms. The van der Waals surface area contributed by atoms with Gasteiger partial charge in [-0.2, -0.15) is 0 Å². The lowest BCUT2D eigenvalue weighted by molar-refractivity contribution is -0.119. The molecule has 17 heavy (non-hydrogen) atoms. The maximum atomic E-state index is 11.6. The van der Waals surface area contributed by atoms with Gasteiger partial charge in [-0.1, -0.05) is 0 Å². The zero-order chi connectivity index (χ0) is 12.3. The molecule has 0 saturated heterocycles. The van der Waals surface area contributed by atoms with Gasteiger partial charge >= 0.3 is 0 Å². The summed E-state index contributed by atoms with van der Waals surface area (Å²) in [6.07, 6.45) is 0. The molecule has 3 N–H and O–H groups in total. The Labute approximate surface area is 101 Å². The van der Waals surface area contributed by atoms with Crippen LogP contribution in [0.25, 0.3) is 10.2 Å². The zero-order valence-electron chi connectivity index (χ0n) is 9.24. The van der Waals surface area contributed by atoms with Gasteiger partial charge in [0.1, 0.15) is 10.5 Å². The molecule has 2 heterocycles. The first-order valence-electron chi connectivity index (χ1n) is 5.08. The first-order valence-corrected chi connectivity index (χ1v) is 5.96. The minimum Gasteiger partial charge on any atom is -0.358 e. The first kappa shape index (κ1) is 11.7. The zero-order valence-corrected chi connectivity index (χ0v) is 10.1. The second kappa shape index (κ2) is 5.07. The van der Waals surface area contributed by atoms with Crippen LogP contribution in [0.15, 0.2) is 16.2 Å². The molecule has 1 amide bonds. The third-order valence-corrected chi connectivity index (χ3v) is 3.12. The number of aromatic amines is 1. The van der Waals surface area contributed by atoms with Gasteiger partial charge < -0.3 is 15.6 Å². The monoisotopic (exact) mass is 252 g/mol. The summed E-state index contributed by atoms with van der Waals surface area (Å²) in [4.78, 5) is 29.6. The minimum absolute atomic E-state index is 0.107. The van der Waals surface area contributed by atoms with Gasteiger partial charge in [-0.15, -0.1) is 11.3 Å². The Kier molecular flexibility index (Phi) is 3.50. The van der Waals surface area contributed by atoms with E-state index in [9.17, 15) is 9.59 Å². The molecule has 0 fully saturated rings. The second-order valence-electron chi connectivity index (χ2n) is 3.42. The summed E-state index contributed by atoms with van der Waals surface area (Å²) in [5, 5.41) is 7.22. The molecule has 0 saturated carbocycles. The van der Waals surface area contributed by atoms with Crippen molar-refractivity contribution in [1.82, 2.24) is 20.6 Å². The van der Waals surface area contributed by atoms with E-state index in [4.69, 9.17) is 0 Å². The van der Waals surface area contributed by atoms with Crippen LogP contribution < -0.4 is 16.2 Å². The SMILES string of the molecule is CNC(=O)CNCc1nc2ccsc2c(=O)[nH]1. The number of likely N-dealkylation sites (N-methyl/N-ethyl adjacent to an activating group) is 1. The average Bonchev–Trinajstić information content (AvgIpc) is 2.77. The number of amides is 1. The van der Waals surface area contributed by atoms with Crippen molar-refractivity contribution in [3.63, 3.8) is 0 Å². The van der Waals surface area contributed by atoms with Crippen molar-refractivity contribution in [3.8, 4) is 0 Å². The van der Waals surface area contributed by atoms with Crippen LogP contribution in [0, 0.1) is 0 Å². The van der Waals surface area contributed by atoms with E-state index >= 15 is 0 Å². The van der Waals surface area contributed by atoms with E-state index in [0.717, 1.165) is 0 Å². The highest BCUT2D eigenvalue weighted by Gasteiger charge is 2.05. The van der Waals surface area contributed by atoms with Gasteiger partial charge in [0.25, 0.3) is 5.56 Å². The Morgan fingerprint density at radius 3 is 3.18 bits per heavy atom. The summed E-state index contributed by atoms with van der Waals surface area (Å²) in [5.41, 5.74) is 0.553. The number of aromatic nitrogens is 2. The Morgan fingerprint density at radius 2 is 2.41 bits per heavy atom. The largest absolute Gasteiger partial charge is 0.358 e. The van der Waals surface area contributed by atoms with Crippen LogP contribution in [0.2, 0.25) is 0 Å². The number of thiophene rings is 1. The van der Waals surface area contributed by atoms with Gasteiger partial charge in [0.15, 0.2) is 0 Å². The van der Waals surface area contributed by atoms with Crippen molar-refractivity contribution >= 4 is 27.5 Å². The maximum absolute atomic E-state index is 11.6. The molecule has 0 aromatic carbocycles. The van der Waals surface area contributed by atoms with E-state index in [1.165, 1.54) is 11.3 Å². The van der Waals surface area contributed by atoms with E-state index < -0.39 is 0 Å². The Balaban J connectivity index is 2.09. The number of carbonyl (C=O) groups excluding carboxylic acids is 1. The third-order valence-electron chi connectivity index (χ3n) is 2.22. The Bertz CT molecular complexity index is 589. The van der Waals surface area contributed by atoms with E-state index in [1.807, 2.05) is 5.38 Å². The van der Waals surface area contributed by atoms with Gasteiger partial charge in [-0.05, 0) is 11.4 Å². The number of carbonyl (C=O) groups is 1. The van der Waals surface area contributed by atoms with Crippen LogP contribution in [-0.2, 0) is 11.3 Å². The first-order chi connectivity index (χ1) is 8.20. The number of fused-ring (bicyclic) bond motifs is 1. The fraction of sp³-hybridized carbons (Fsp3) is 0.300. The van der Waals surface area contributed by atoms with E-state index in [-0.39, 0.29) is 18.0 Å². The number of nitrogens with zero attached hydrogens (tertiary/aromatic N) is 1. The van der Waals surface area contributed by atoms with Crippen molar-refractivity contribution in [2.24, 2.45) is 0 Å². The second-order valence-corrected chi connectivity index (χ2v) is 4.34. The Hall–Kier alpha value is -1.73. The molecule has 0 atom stereocenters. The van der Waals surface area contributed by atoms with Crippen molar-refractivity contribution in [2.45, 2.75) is 6.54 Å². The third kappa shape index (κ3) is 2.69. The molecular weight excluding hydrogens is 240 g/mol. The van der Waals surface area contributed by atoms with E-state index in [1.54, 1.807) is 13.1 Å². The molecular formula is C10H12N4O2S. The molecule has 90 valence electrons. The fourth-order valence-electron chi connectivity index (χ4n) is 1.39. The normalized spacial score (nSPS) is 10.6. The molecule has 2 rings (SSSR count). The van der Waals surface area contributed by atoms with Crippen LogP contribution in [0.5, 0.6) is 0 Å². The van der Waals surface area contributed by atoms with Gasteiger partial charge in [-0.3, -0.25) is 9.59 Å². The van der Waals surface area contributed by atoms with Gasteiger partial charge in [0.05, 0.1) is 18.6 Å². The quantitative estimate of drug-likeness (QED) is 0.704. The predicted molar refractivity (Wildman–Crippen MR) is 66.0 cm³/mol. The van der Waals surface area contributed by atoms with Crippen LogP contribution in [-0.4, -0.2) is 29.5 Å². The minimum atomic E-state index is -0.137. The summed E-state index contributed by atoms with van der Waals surface area (Å²) in [6.45, 7) is 0.552. The molecule has 0 aliphatic carbocycles. The molecule has 0 spiro atoms. The molecule has 0 unspecified atom stereocenters. The fourth-order valence-corrected chi connectivity index (χ4v) is 2.11. The number of hydrogen-bond acceptors (Lipinski definition) is 5. The van der Waals surface area contributed by atoms with Gasteiger partial charge in [0, 0.05) is 7.05 Å². The Morgan fingerprint density at radius 1 is 1.59 bits per heavy atom. The number of hydrogen-bond donors (Lipinski definition) is 3. The van der Waals surface area contributed by atoms with Crippen LogP contribution >= 0.6 is 11.3 Å². The highest BCUT2D eigenvalue weighted by atomic mass is 32.1. The average molecular weight is 252 g/mol. The van der Waals surface area contributed by atoms with Crippen molar-refractivity contribution in [2.75, 3.05) is 13.6 Å². The summed E-state index contributed by atoms with van der Waals surface area (Å²) < 4.78 is 0.625. The van der Waals surface area contributed by atoms with E-state index in [2.05, 4.69) is 20.6 Å². The molecule has 0 aliphatic rings. The highest BCUT2D eigenvalue weighted by molar-refractivity contribution is 7.17. The van der Waals surface area contributed by atoms with Crippen LogP contribution in [0.3, 0.4) is 0 Å². The van der Waals surface area contributed by atoms with E-state index in [0.29, 0.717) is 22.6 Å². The number of H-pyrrole nitrogens is 1.